The van der Waals surface area contributed by atoms with E-state index >= 15 is 0 Å². The number of rotatable bonds is 2. The molecule has 1 heterocycles. The summed E-state index contributed by atoms with van der Waals surface area (Å²) in [6, 6.07) is 1.65. The monoisotopic (exact) mass is 186 g/mol. The average molecular weight is 186 g/mol. The van der Waals surface area contributed by atoms with E-state index in [0.717, 1.165) is 17.5 Å². The van der Waals surface area contributed by atoms with E-state index in [2.05, 4.69) is 5.10 Å². The number of hydrogen-bond acceptors (Lipinski definition) is 4. The molecule has 0 amide bonds. The Kier molecular flexibility index (Phi) is 3.16. The van der Waals surface area contributed by atoms with Gasteiger partial charge in [-0.1, -0.05) is 6.92 Å². The van der Waals surface area contributed by atoms with Crippen LogP contribution in [0, 0.1) is 0 Å². The fraction of sp³-hybridized carbons (Fsp3) is 0.429. The summed E-state index contributed by atoms with van der Waals surface area (Å²) < 4.78 is 6.46. The second kappa shape index (κ2) is 4.15. The van der Waals surface area contributed by atoms with Gasteiger partial charge in [0, 0.05) is 18.9 Å². The van der Waals surface area contributed by atoms with Crippen LogP contribution in [-0.4, -0.2) is 20.8 Å². The molecule has 5 heteroatoms. The van der Waals surface area contributed by atoms with Crippen molar-refractivity contribution in [2.75, 3.05) is 5.75 Å². The summed E-state index contributed by atoms with van der Waals surface area (Å²) >= 11 is 1.14. The summed E-state index contributed by atoms with van der Waals surface area (Å²) in [5.41, 5.74) is 0. The lowest BCUT2D eigenvalue weighted by atomic mass is 10.7. The molecule has 0 aliphatic heterocycles. The van der Waals surface area contributed by atoms with Crippen molar-refractivity contribution >= 4 is 17.1 Å². The normalized spacial score (nSPS) is 9.83. The Balaban J connectivity index is 2.52. The quantitative estimate of drug-likeness (QED) is 0.659. The van der Waals surface area contributed by atoms with Gasteiger partial charge in [0.15, 0.2) is 0 Å². The zero-order valence-corrected chi connectivity index (χ0v) is 7.80. The zero-order chi connectivity index (χ0) is 8.97. The van der Waals surface area contributed by atoms with Crippen molar-refractivity contribution in [3.63, 3.8) is 0 Å². The van der Waals surface area contributed by atoms with E-state index in [1.807, 2.05) is 6.92 Å². The number of aromatic nitrogens is 2. The molecule has 0 spiro atoms. The predicted octanol–water partition coefficient (Wildman–Crippen LogP) is 1.67. The molecule has 66 valence electrons. The van der Waals surface area contributed by atoms with Gasteiger partial charge in [-0.3, -0.25) is 0 Å². The highest BCUT2D eigenvalue weighted by Gasteiger charge is 2.06. The molecule has 0 saturated heterocycles. The first kappa shape index (κ1) is 9.12. The van der Waals surface area contributed by atoms with Gasteiger partial charge >= 0.3 is 5.30 Å². The van der Waals surface area contributed by atoms with Gasteiger partial charge in [0.1, 0.15) is 0 Å². The summed E-state index contributed by atoms with van der Waals surface area (Å²) in [7, 11) is 1.72. The number of ether oxygens (including phenoxy) is 1. The number of hydrogen-bond donors (Lipinski definition) is 0. The fourth-order valence-corrected chi connectivity index (χ4v) is 1.07. The molecule has 12 heavy (non-hydrogen) atoms. The molecule has 1 aromatic rings. The van der Waals surface area contributed by atoms with Crippen LogP contribution in [-0.2, 0) is 7.05 Å². The lowest BCUT2D eigenvalue weighted by Crippen LogP contribution is -2.05. The van der Waals surface area contributed by atoms with Crippen molar-refractivity contribution in [3.8, 4) is 5.88 Å². The SMILES string of the molecule is CCSC(=O)Oc1ccnn1C. The molecule has 0 saturated carbocycles. The van der Waals surface area contributed by atoms with Crippen molar-refractivity contribution in [1.82, 2.24) is 9.78 Å². The van der Waals surface area contributed by atoms with Crippen LogP contribution < -0.4 is 4.74 Å². The van der Waals surface area contributed by atoms with Crippen LogP contribution in [0.2, 0.25) is 0 Å². The van der Waals surface area contributed by atoms with Crippen LogP contribution in [0.15, 0.2) is 12.3 Å². The summed E-state index contributed by atoms with van der Waals surface area (Å²) in [6.07, 6.45) is 1.58. The Bertz CT molecular complexity index is 272. The smallest absolute Gasteiger partial charge is 0.374 e. The van der Waals surface area contributed by atoms with Crippen molar-refractivity contribution in [1.29, 1.82) is 0 Å². The largest absolute Gasteiger partial charge is 0.400 e. The third-order valence-corrected chi connectivity index (χ3v) is 1.83. The molecule has 0 aliphatic rings. The van der Waals surface area contributed by atoms with Crippen molar-refractivity contribution < 1.29 is 9.53 Å². The summed E-state index contributed by atoms with van der Waals surface area (Å²) in [6.45, 7) is 1.90. The zero-order valence-electron chi connectivity index (χ0n) is 6.98. The number of thioether (sulfide) groups is 1. The van der Waals surface area contributed by atoms with E-state index in [4.69, 9.17) is 4.74 Å². The minimum absolute atomic E-state index is 0.291. The van der Waals surface area contributed by atoms with Crippen LogP contribution in [0.4, 0.5) is 4.79 Å². The highest BCUT2D eigenvalue weighted by Crippen LogP contribution is 2.12. The van der Waals surface area contributed by atoms with Gasteiger partial charge in [-0.05, 0) is 11.8 Å². The van der Waals surface area contributed by atoms with Crippen LogP contribution in [0.5, 0.6) is 5.88 Å². The molecule has 0 aliphatic carbocycles. The maximum atomic E-state index is 11.0. The number of carbonyl (C=O) groups is 1. The standard InChI is InChI=1S/C7H10N2O2S/c1-3-12-7(10)11-6-4-5-8-9(6)2/h4-5H,3H2,1-2H3. The number of nitrogens with zero attached hydrogens (tertiary/aromatic N) is 2. The van der Waals surface area contributed by atoms with Crippen molar-refractivity contribution in [3.05, 3.63) is 12.3 Å². The lowest BCUT2D eigenvalue weighted by Gasteiger charge is -2.01. The number of carbonyl (C=O) groups excluding carboxylic acids is 1. The third kappa shape index (κ3) is 2.27. The third-order valence-electron chi connectivity index (χ3n) is 1.23. The highest BCUT2D eigenvalue weighted by atomic mass is 32.2. The minimum Gasteiger partial charge on any atom is -0.400 e. The van der Waals surface area contributed by atoms with E-state index in [-0.39, 0.29) is 5.30 Å². The molecule has 1 aromatic heterocycles. The first-order chi connectivity index (χ1) is 5.74. The molecule has 4 nitrogen and oxygen atoms in total. The highest BCUT2D eigenvalue weighted by molar-refractivity contribution is 8.13. The van der Waals surface area contributed by atoms with Crippen LogP contribution in [0.25, 0.3) is 0 Å². The Labute approximate surface area is 74.9 Å². The summed E-state index contributed by atoms with van der Waals surface area (Å²) in [5, 5.41) is 3.57. The van der Waals surface area contributed by atoms with Gasteiger partial charge in [0.2, 0.25) is 5.88 Å². The second-order valence-electron chi connectivity index (χ2n) is 2.08. The fourth-order valence-electron chi connectivity index (χ4n) is 0.695. The van der Waals surface area contributed by atoms with Crippen molar-refractivity contribution in [2.24, 2.45) is 7.05 Å². The summed E-state index contributed by atoms with van der Waals surface area (Å²) in [5.74, 6) is 1.19. The van der Waals surface area contributed by atoms with Gasteiger partial charge in [-0.2, -0.15) is 5.10 Å². The van der Waals surface area contributed by atoms with E-state index < -0.39 is 0 Å². The molecule has 0 aromatic carbocycles. The lowest BCUT2D eigenvalue weighted by molar-refractivity contribution is 0.223. The van der Waals surface area contributed by atoms with Crippen LogP contribution >= 0.6 is 11.8 Å². The van der Waals surface area contributed by atoms with Crippen LogP contribution in [0.3, 0.4) is 0 Å². The Morgan fingerprint density at radius 1 is 1.83 bits per heavy atom. The van der Waals surface area contributed by atoms with Gasteiger partial charge in [-0.25, -0.2) is 9.48 Å². The molecule has 0 N–H and O–H groups in total. The maximum absolute atomic E-state index is 11.0. The van der Waals surface area contributed by atoms with Gasteiger partial charge in [0.25, 0.3) is 0 Å². The Morgan fingerprint density at radius 2 is 2.58 bits per heavy atom. The number of aryl methyl sites for hydroxylation is 1. The molecule has 0 unspecified atom stereocenters. The average Bonchev–Trinajstić information content (AvgIpc) is 2.37. The molecule has 1 rings (SSSR count). The topological polar surface area (TPSA) is 44.1 Å². The molecular weight excluding hydrogens is 176 g/mol. The molecule has 0 fully saturated rings. The molecular formula is C7H10N2O2S. The molecule has 0 bridgehead atoms. The first-order valence-electron chi connectivity index (χ1n) is 3.56. The van der Waals surface area contributed by atoms with E-state index in [0.29, 0.717) is 5.88 Å². The van der Waals surface area contributed by atoms with Gasteiger partial charge in [-0.15, -0.1) is 0 Å². The van der Waals surface area contributed by atoms with Gasteiger partial charge < -0.3 is 4.74 Å². The van der Waals surface area contributed by atoms with Crippen LogP contribution in [0.1, 0.15) is 6.92 Å². The molecule has 0 radical (unpaired) electrons. The van der Waals surface area contributed by atoms with E-state index in [1.165, 1.54) is 4.68 Å². The Morgan fingerprint density at radius 3 is 3.08 bits per heavy atom. The van der Waals surface area contributed by atoms with E-state index in [1.54, 1.807) is 19.3 Å². The predicted molar refractivity (Wildman–Crippen MR) is 47.4 cm³/mol. The van der Waals surface area contributed by atoms with E-state index in [9.17, 15) is 4.79 Å². The van der Waals surface area contributed by atoms with Crippen molar-refractivity contribution in [2.45, 2.75) is 6.92 Å². The van der Waals surface area contributed by atoms with Gasteiger partial charge in [0.05, 0.1) is 6.20 Å². The molecule has 0 atom stereocenters. The maximum Gasteiger partial charge on any atom is 0.374 e. The first-order valence-corrected chi connectivity index (χ1v) is 4.55. The summed E-state index contributed by atoms with van der Waals surface area (Å²) in [4.78, 5) is 11.0. The Hall–Kier alpha value is -0.970. The minimum atomic E-state index is -0.291. The second-order valence-corrected chi connectivity index (χ2v) is 3.28.